The van der Waals surface area contributed by atoms with E-state index in [4.69, 9.17) is 0 Å². The number of benzene rings is 1. The van der Waals surface area contributed by atoms with Crippen molar-refractivity contribution in [1.82, 2.24) is 15.0 Å². The molecule has 30 heavy (non-hydrogen) atoms. The number of fused-ring (bicyclic) bond motifs is 3. The summed E-state index contributed by atoms with van der Waals surface area (Å²) in [6, 6.07) is 9.10. The lowest BCUT2D eigenvalue weighted by molar-refractivity contribution is -0.123. The van der Waals surface area contributed by atoms with E-state index in [0.717, 1.165) is 35.2 Å². The minimum absolute atomic E-state index is 0.150. The lowest BCUT2D eigenvalue weighted by Crippen LogP contribution is -2.34. The summed E-state index contributed by atoms with van der Waals surface area (Å²) in [4.78, 5) is 32.1. The third kappa shape index (κ3) is 4.11. The first kappa shape index (κ1) is 20.2. The molecule has 154 valence electrons. The van der Waals surface area contributed by atoms with Gasteiger partial charge in [0, 0.05) is 11.1 Å². The number of thiophene rings is 1. The van der Waals surface area contributed by atoms with Crippen molar-refractivity contribution in [2.45, 2.75) is 39.2 Å². The smallest absolute Gasteiger partial charge is 0.263 e. The number of aryl methyl sites for hydroxylation is 1. The van der Waals surface area contributed by atoms with Gasteiger partial charge < -0.3 is 0 Å². The van der Waals surface area contributed by atoms with Crippen LogP contribution in [0.4, 0.5) is 0 Å². The van der Waals surface area contributed by atoms with Gasteiger partial charge in [0.05, 0.1) is 11.7 Å². The highest BCUT2D eigenvalue weighted by Gasteiger charge is 2.25. The molecular formula is C23H24N4O2S. The number of nitrogens with one attached hydrogen (secondary N) is 1. The van der Waals surface area contributed by atoms with Gasteiger partial charge in [0.2, 0.25) is 0 Å². The number of allylic oxidation sites excluding steroid dienone is 1. The number of carbonyl (C=O) groups excluding carboxylic acids is 1. The van der Waals surface area contributed by atoms with Crippen molar-refractivity contribution >= 4 is 39.8 Å². The maximum absolute atomic E-state index is 13.1. The second-order valence-electron chi connectivity index (χ2n) is 7.69. The molecule has 0 fully saturated rings. The van der Waals surface area contributed by atoms with E-state index < -0.39 is 6.04 Å². The van der Waals surface area contributed by atoms with E-state index in [-0.39, 0.29) is 11.5 Å². The summed E-state index contributed by atoms with van der Waals surface area (Å²) in [6.07, 6.45) is 9.60. The molecule has 6 nitrogen and oxygen atoms in total. The van der Waals surface area contributed by atoms with Crippen molar-refractivity contribution in [3.05, 3.63) is 69.1 Å². The van der Waals surface area contributed by atoms with E-state index in [1.807, 2.05) is 36.4 Å². The highest BCUT2D eigenvalue weighted by molar-refractivity contribution is 7.18. The third-order valence-electron chi connectivity index (χ3n) is 5.46. The molecule has 1 amide bonds. The fourth-order valence-electron chi connectivity index (χ4n) is 3.70. The van der Waals surface area contributed by atoms with Gasteiger partial charge in [-0.15, -0.1) is 11.3 Å². The van der Waals surface area contributed by atoms with E-state index in [0.29, 0.717) is 11.3 Å². The predicted octanol–water partition coefficient (Wildman–Crippen LogP) is 3.96. The Morgan fingerprint density at radius 3 is 2.97 bits per heavy atom. The number of hydrogen-bond acceptors (Lipinski definition) is 5. The highest BCUT2D eigenvalue weighted by Crippen LogP contribution is 2.35. The van der Waals surface area contributed by atoms with Crippen molar-refractivity contribution in [2.75, 3.05) is 0 Å². The molecule has 1 aliphatic rings. The van der Waals surface area contributed by atoms with Gasteiger partial charge in [-0.1, -0.05) is 43.3 Å². The van der Waals surface area contributed by atoms with Crippen LogP contribution in [0.2, 0.25) is 0 Å². The van der Waals surface area contributed by atoms with Crippen LogP contribution < -0.4 is 11.0 Å². The number of amides is 1. The van der Waals surface area contributed by atoms with E-state index in [9.17, 15) is 9.59 Å². The average molecular weight is 421 g/mol. The summed E-state index contributed by atoms with van der Waals surface area (Å²) < 4.78 is 1.40. The van der Waals surface area contributed by atoms with Gasteiger partial charge in [0.15, 0.2) is 0 Å². The van der Waals surface area contributed by atoms with Crippen LogP contribution in [-0.4, -0.2) is 21.7 Å². The summed E-state index contributed by atoms with van der Waals surface area (Å²) in [5, 5.41) is 4.63. The molecule has 1 aromatic carbocycles. The van der Waals surface area contributed by atoms with Gasteiger partial charge >= 0.3 is 0 Å². The summed E-state index contributed by atoms with van der Waals surface area (Å²) >= 11 is 1.61. The SMILES string of the molecule is CC1CCc2c(sc3ncn(C(C)C(=O)N/N=C\C=C\c4ccccc4)c(=O)c23)C1. The number of rotatable bonds is 5. The van der Waals surface area contributed by atoms with Crippen LogP contribution in [0.3, 0.4) is 0 Å². The predicted molar refractivity (Wildman–Crippen MR) is 122 cm³/mol. The number of hydrazone groups is 1. The second-order valence-corrected chi connectivity index (χ2v) is 8.77. The fourth-order valence-corrected chi connectivity index (χ4v) is 5.04. The molecule has 2 atom stereocenters. The van der Waals surface area contributed by atoms with Crippen molar-refractivity contribution in [2.24, 2.45) is 11.0 Å². The molecule has 2 aromatic heterocycles. The van der Waals surface area contributed by atoms with Crippen LogP contribution in [0.15, 0.2) is 52.6 Å². The molecule has 1 N–H and O–H groups in total. The fraction of sp³-hybridized carbons (Fsp3) is 0.304. The van der Waals surface area contributed by atoms with Gasteiger partial charge in [-0.05, 0) is 49.3 Å². The molecule has 1 aliphatic carbocycles. The van der Waals surface area contributed by atoms with Crippen molar-refractivity contribution in [3.63, 3.8) is 0 Å². The molecule has 0 saturated carbocycles. The molecule has 0 bridgehead atoms. The quantitative estimate of drug-likeness (QED) is 0.501. The van der Waals surface area contributed by atoms with Crippen LogP contribution >= 0.6 is 11.3 Å². The topological polar surface area (TPSA) is 76.3 Å². The van der Waals surface area contributed by atoms with Gasteiger partial charge in [-0.25, -0.2) is 10.4 Å². The summed E-state index contributed by atoms with van der Waals surface area (Å²) in [5.74, 6) is 0.270. The molecule has 7 heteroatoms. The molecule has 0 aliphatic heterocycles. The molecule has 0 saturated heterocycles. The van der Waals surface area contributed by atoms with Gasteiger partial charge in [-0.2, -0.15) is 5.10 Å². The van der Waals surface area contributed by atoms with Crippen LogP contribution in [0.25, 0.3) is 16.3 Å². The monoisotopic (exact) mass is 420 g/mol. The first-order chi connectivity index (χ1) is 14.5. The molecule has 2 heterocycles. The maximum atomic E-state index is 13.1. The van der Waals surface area contributed by atoms with Crippen molar-refractivity contribution in [3.8, 4) is 0 Å². The molecular weight excluding hydrogens is 396 g/mol. The zero-order valence-corrected chi connectivity index (χ0v) is 17.9. The minimum Gasteiger partial charge on any atom is -0.286 e. The van der Waals surface area contributed by atoms with E-state index in [1.54, 1.807) is 24.3 Å². The largest absolute Gasteiger partial charge is 0.286 e. The normalized spacial score (nSPS) is 17.5. The van der Waals surface area contributed by atoms with Crippen LogP contribution in [0.5, 0.6) is 0 Å². The Bertz CT molecular complexity index is 1180. The zero-order chi connectivity index (χ0) is 21.1. The minimum atomic E-state index is -0.706. The Morgan fingerprint density at radius 1 is 1.37 bits per heavy atom. The third-order valence-corrected chi connectivity index (χ3v) is 6.62. The van der Waals surface area contributed by atoms with Gasteiger partial charge in [0.1, 0.15) is 10.9 Å². The Kier molecular flexibility index (Phi) is 5.90. The second kappa shape index (κ2) is 8.75. The van der Waals surface area contributed by atoms with Gasteiger partial charge in [-0.3, -0.25) is 14.2 Å². The molecule has 0 radical (unpaired) electrons. The van der Waals surface area contributed by atoms with E-state index in [2.05, 4.69) is 22.4 Å². The van der Waals surface area contributed by atoms with Gasteiger partial charge in [0.25, 0.3) is 11.5 Å². The van der Waals surface area contributed by atoms with Crippen molar-refractivity contribution < 1.29 is 4.79 Å². The molecule has 0 spiro atoms. The first-order valence-electron chi connectivity index (χ1n) is 10.1. The van der Waals surface area contributed by atoms with E-state index >= 15 is 0 Å². The summed E-state index contributed by atoms with van der Waals surface area (Å²) in [5.41, 5.74) is 4.51. The first-order valence-corrected chi connectivity index (χ1v) is 10.9. The highest BCUT2D eigenvalue weighted by atomic mass is 32.1. The summed E-state index contributed by atoms with van der Waals surface area (Å²) in [7, 11) is 0. The zero-order valence-electron chi connectivity index (χ0n) is 17.0. The van der Waals surface area contributed by atoms with Crippen molar-refractivity contribution in [1.29, 1.82) is 0 Å². The lowest BCUT2D eigenvalue weighted by atomic mass is 9.89. The van der Waals surface area contributed by atoms with E-state index in [1.165, 1.54) is 22.0 Å². The Labute approximate surface area is 179 Å². The lowest BCUT2D eigenvalue weighted by Gasteiger charge is -2.18. The average Bonchev–Trinajstić information content (AvgIpc) is 3.12. The Morgan fingerprint density at radius 2 is 2.17 bits per heavy atom. The number of aromatic nitrogens is 2. The number of nitrogens with zero attached hydrogens (tertiary/aromatic N) is 3. The maximum Gasteiger partial charge on any atom is 0.263 e. The standard InChI is InChI=1S/C23H24N4O2S/c1-15-10-11-18-19(13-15)30-22-20(18)23(29)27(14-24-22)16(2)21(28)26-25-12-6-9-17-7-4-3-5-8-17/h3-9,12,14-16H,10-11,13H2,1-2H3,(H,26,28)/b9-6+,25-12-. The van der Waals surface area contributed by atoms with Crippen LogP contribution in [0.1, 0.15) is 42.3 Å². The molecule has 4 rings (SSSR count). The van der Waals surface area contributed by atoms with Crippen LogP contribution in [0, 0.1) is 5.92 Å². The number of hydrogen-bond donors (Lipinski definition) is 1. The molecule has 2 unspecified atom stereocenters. The summed E-state index contributed by atoms with van der Waals surface area (Å²) in [6.45, 7) is 3.92. The Balaban J connectivity index is 1.48. The number of carbonyl (C=O) groups is 1. The Hall–Kier alpha value is -3.06. The van der Waals surface area contributed by atoms with Crippen LogP contribution in [-0.2, 0) is 17.6 Å². The molecule has 3 aromatic rings.